The van der Waals surface area contributed by atoms with E-state index in [1.54, 1.807) is 12.1 Å². The van der Waals surface area contributed by atoms with E-state index in [1.165, 1.54) is 33.8 Å². The summed E-state index contributed by atoms with van der Waals surface area (Å²) in [6, 6.07) is 6.82. The lowest BCUT2D eigenvalue weighted by Gasteiger charge is -2.05. The highest BCUT2D eigenvalue weighted by Gasteiger charge is 2.24. The van der Waals surface area contributed by atoms with Crippen LogP contribution < -0.4 is 0 Å². The van der Waals surface area contributed by atoms with Crippen molar-refractivity contribution in [3.8, 4) is 17.8 Å². The van der Waals surface area contributed by atoms with Crippen molar-refractivity contribution in [1.29, 1.82) is 10.5 Å². The molecule has 0 saturated heterocycles. The van der Waals surface area contributed by atoms with Crippen LogP contribution in [0, 0.1) is 32.8 Å². The molecular formula is C12H4N6O2S. The van der Waals surface area contributed by atoms with Crippen LogP contribution in [0.1, 0.15) is 11.4 Å². The van der Waals surface area contributed by atoms with Gasteiger partial charge in [0.15, 0.2) is 16.9 Å². The maximum Gasteiger partial charge on any atom is 0.320 e. The topological polar surface area (TPSA) is 121 Å². The average Bonchev–Trinajstić information content (AvgIpc) is 3.11. The molecule has 100 valence electrons. The molecule has 8 nitrogen and oxygen atoms in total. The first-order chi connectivity index (χ1) is 10.2. The van der Waals surface area contributed by atoms with Crippen LogP contribution in [0.5, 0.6) is 0 Å². The summed E-state index contributed by atoms with van der Waals surface area (Å²) in [7, 11) is 0. The smallest absolute Gasteiger partial charge is 0.283 e. The lowest BCUT2D eigenvalue weighted by Crippen LogP contribution is -2.02. The zero-order chi connectivity index (χ0) is 15.0. The molecule has 0 atom stereocenters. The van der Waals surface area contributed by atoms with Crippen molar-refractivity contribution in [2.75, 3.05) is 0 Å². The van der Waals surface area contributed by atoms with Gasteiger partial charge in [0.2, 0.25) is 0 Å². The molecule has 2 aromatic heterocycles. The lowest BCUT2D eigenvalue weighted by atomic mass is 10.2. The molecule has 0 amide bonds. The number of benzene rings is 1. The molecule has 9 heteroatoms. The van der Waals surface area contributed by atoms with Gasteiger partial charge in [-0.3, -0.25) is 14.7 Å². The molecule has 0 radical (unpaired) electrons. The van der Waals surface area contributed by atoms with Gasteiger partial charge in [0.1, 0.15) is 24.2 Å². The Kier molecular flexibility index (Phi) is 2.83. The molecule has 0 unspecified atom stereocenters. The van der Waals surface area contributed by atoms with Gasteiger partial charge in [-0.2, -0.15) is 10.5 Å². The summed E-state index contributed by atoms with van der Waals surface area (Å²) >= 11 is 1.28. The molecule has 2 heterocycles. The van der Waals surface area contributed by atoms with E-state index in [4.69, 9.17) is 10.5 Å². The van der Waals surface area contributed by atoms with Crippen molar-refractivity contribution >= 4 is 27.2 Å². The summed E-state index contributed by atoms with van der Waals surface area (Å²) in [6.45, 7) is 0. The summed E-state index contributed by atoms with van der Waals surface area (Å²) in [4.78, 5) is 18.6. The summed E-state index contributed by atoms with van der Waals surface area (Å²) in [5, 5.41) is 29.4. The van der Waals surface area contributed by atoms with Crippen LogP contribution in [0.15, 0.2) is 24.0 Å². The molecule has 0 N–H and O–H groups in total. The second kappa shape index (κ2) is 4.67. The van der Waals surface area contributed by atoms with E-state index in [1.807, 2.05) is 6.07 Å². The van der Waals surface area contributed by atoms with E-state index in [-0.39, 0.29) is 28.3 Å². The highest BCUT2D eigenvalue weighted by atomic mass is 32.1. The highest BCUT2D eigenvalue weighted by molar-refractivity contribution is 7.16. The first kappa shape index (κ1) is 12.7. The molecular weight excluding hydrogens is 292 g/mol. The van der Waals surface area contributed by atoms with Crippen LogP contribution in [0.3, 0.4) is 0 Å². The molecule has 0 fully saturated rings. The number of hydrogen-bond donors (Lipinski definition) is 0. The number of hydrogen-bond acceptors (Lipinski definition) is 7. The molecule has 0 aliphatic carbocycles. The van der Waals surface area contributed by atoms with Crippen molar-refractivity contribution in [2.45, 2.75) is 0 Å². The average molecular weight is 296 g/mol. The zero-order valence-corrected chi connectivity index (χ0v) is 11.0. The van der Waals surface area contributed by atoms with Crippen LogP contribution in [-0.2, 0) is 0 Å². The van der Waals surface area contributed by atoms with Gasteiger partial charge in [0, 0.05) is 0 Å². The van der Waals surface area contributed by atoms with E-state index < -0.39 is 4.92 Å². The number of nitriles is 2. The number of fused-ring (bicyclic) bond motifs is 1. The van der Waals surface area contributed by atoms with Gasteiger partial charge in [-0.15, -0.1) is 11.3 Å². The fourth-order valence-electron chi connectivity index (χ4n) is 2.00. The van der Waals surface area contributed by atoms with Crippen LogP contribution in [0.2, 0.25) is 0 Å². The highest BCUT2D eigenvalue weighted by Crippen LogP contribution is 2.33. The van der Waals surface area contributed by atoms with Gasteiger partial charge in [-0.05, 0) is 12.1 Å². The van der Waals surface area contributed by atoms with E-state index in [0.717, 1.165) is 0 Å². The molecule has 0 bridgehead atoms. The van der Waals surface area contributed by atoms with Crippen LogP contribution in [0.25, 0.3) is 15.9 Å². The maximum absolute atomic E-state index is 11.4. The first-order valence-electron chi connectivity index (χ1n) is 5.56. The Morgan fingerprint density at radius 3 is 2.76 bits per heavy atom. The number of imidazole rings is 1. The van der Waals surface area contributed by atoms with Crippen molar-refractivity contribution in [2.24, 2.45) is 0 Å². The van der Waals surface area contributed by atoms with Crippen molar-refractivity contribution in [1.82, 2.24) is 14.5 Å². The Morgan fingerprint density at radius 2 is 2.10 bits per heavy atom. The normalized spacial score (nSPS) is 10.2. The zero-order valence-electron chi connectivity index (χ0n) is 10.2. The lowest BCUT2D eigenvalue weighted by molar-refractivity contribution is -0.382. The van der Waals surface area contributed by atoms with Crippen molar-refractivity contribution < 1.29 is 4.92 Å². The molecule has 3 rings (SSSR count). The largest absolute Gasteiger partial charge is 0.320 e. The van der Waals surface area contributed by atoms with E-state index >= 15 is 0 Å². The molecule has 1 aromatic carbocycles. The maximum atomic E-state index is 11.4. The Labute approximate surface area is 121 Å². The number of nitrogens with zero attached hydrogens (tertiary/aromatic N) is 6. The minimum absolute atomic E-state index is 0.0461. The number of nitro benzene ring substituents is 1. The van der Waals surface area contributed by atoms with E-state index in [9.17, 15) is 10.1 Å². The van der Waals surface area contributed by atoms with Gasteiger partial charge in [-0.25, -0.2) is 9.97 Å². The fraction of sp³-hybridized carbons (Fsp3) is 0. The number of nitro groups is 1. The fourth-order valence-corrected chi connectivity index (χ4v) is 2.68. The van der Waals surface area contributed by atoms with Gasteiger partial charge < -0.3 is 0 Å². The summed E-state index contributed by atoms with van der Waals surface area (Å²) in [5.41, 5.74) is 1.58. The SMILES string of the molecule is N#Cc1ncn(-c2ccc3scnc3c2[N+](=O)[O-])c1C#N. The first-order valence-corrected chi connectivity index (χ1v) is 6.44. The number of rotatable bonds is 2. The van der Waals surface area contributed by atoms with Crippen LogP contribution >= 0.6 is 11.3 Å². The summed E-state index contributed by atoms with van der Waals surface area (Å²) in [5.74, 6) is 0. The Balaban J connectivity index is 2.39. The monoisotopic (exact) mass is 296 g/mol. The van der Waals surface area contributed by atoms with Crippen molar-refractivity contribution in [3.63, 3.8) is 0 Å². The van der Waals surface area contributed by atoms with Gasteiger partial charge >= 0.3 is 5.69 Å². The van der Waals surface area contributed by atoms with Gasteiger partial charge in [0.05, 0.1) is 15.1 Å². The molecule has 0 spiro atoms. The van der Waals surface area contributed by atoms with Crippen molar-refractivity contribution in [3.05, 3.63) is 45.5 Å². The predicted molar refractivity (Wildman–Crippen MR) is 72.8 cm³/mol. The third kappa shape index (κ3) is 1.81. The standard InChI is InChI=1S/C12H4N6O2S/c13-3-7-9(4-14)17(5-15-7)8-1-2-10-11(16-6-21-10)12(8)18(19)20/h1-2,5-6H. The van der Waals surface area contributed by atoms with E-state index in [2.05, 4.69) is 9.97 Å². The van der Waals surface area contributed by atoms with Gasteiger partial charge in [-0.1, -0.05) is 0 Å². The summed E-state index contributed by atoms with van der Waals surface area (Å²) < 4.78 is 1.90. The van der Waals surface area contributed by atoms with Crippen LogP contribution in [-0.4, -0.2) is 19.5 Å². The molecule has 21 heavy (non-hydrogen) atoms. The quantitative estimate of drug-likeness (QED) is 0.527. The predicted octanol–water partition coefficient (Wildman–Crippen LogP) is 2.13. The number of aromatic nitrogens is 3. The van der Waals surface area contributed by atoms with E-state index in [0.29, 0.717) is 4.70 Å². The molecule has 0 aliphatic heterocycles. The molecule has 3 aromatic rings. The minimum atomic E-state index is -0.551. The Morgan fingerprint density at radius 1 is 1.29 bits per heavy atom. The third-order valence-electron chi connectivity index (χ3n) is 2.88. The molecule has 0 aliphatic rings. The van der Waals surface area contributed by atoms with Crippen LogP contribution in [0.4, 0.5) is 5.69 Å². The van der Waals surface area contributed by atoms with Gasteiger partial charge in [0.25, 0.3) is 0 Å². The number of thiazole rings is 1. The third-order valence-corrected chi connectivity index (χ3v) is 3.67. The molecule has 0 saturated carbocycles. The second-order valence-electron chi connectivity index (χ2n) is 3.92. The summed E-state index contributed by atoms with van der Waals surface area (Å²) in [6.07, 6.45) is 1.22. The Hall–Kier alpha value is -3.30. The second-order valence-corrected chi connectivity index (χ2v) is 4.81. The minimum Gasteiger partial charge on any atom is -0.283 e. The Bertz CT molecular complexity index is 958.